The van der Waals surface area contributed by atoms with E-state index in [0.717, 1.165) is 42.8 Å². The van der Waals surface area contributed by atoms with E-state index in [1.54, 1.807) is 17.3 Å². The molecular formula is C31H39FN6O4. The van der Waals surface area contributed by atoms with Crippen molar-refractivity contribution in [3.8, 4) is 17.2 Å². The van der Waals surface area contributed by atoms with Crippen molar-refractivity contribution >= 4 is 11.7 Å². The Morgan fingerprint density at radius 2 is 2.00 bits per heavy atom. The van der Waals surface area contributed by atoms with Gasteiger partial charge in [-0.3, -0.25) is 9.78 Å². The van der Waals surface area contributed by atoms with E-state index in [1.807, 2.05) is 26.8 Å². The van der Waals surface area contributed by atoms with Gasteiger partial charge in [0, 0.05) is 75.9 Å². The molecule has 1 amide bonds. The summed E-state index contributed by atoms with van der Waals surface area (Å²) in [6.07, 6.45) is 7.81. The van der Waals surface area contributed by atoms with E-state index in [9.17, 15) is 14.3 Å². The summed E-state index contributed by atoms with van der Waals surface area (Å²) in [6, 6.07) is 5.86. The number of ether oxygens (including phenoxy) is 2. The molecule has 0 aliphatic carbocycles. The molecule has 4 heterocycles. The number of carbonyl (C=O) groups is 1. The molecule has 2 aliphatic heterocycles. The zero-order chi connectivity index (χ0) is 29.6. The van der Waals surface area contributed by atoms with Gasteiger partial charge in [-0.25, -0.2) is 14.4 Å². The number of piperidine rings is 1. The number of nitrogens with zero attached hydrogens (tertiary/aromatic N) is 5. The molecule has 1 atom stereocenters. The van der Waals surface area contributed by atoms with Gasteiger partial charge in [0.1, 0.15) is 29.7 Å². The molecule has 1 unspecified atom stereocenters. The highest BCUT2D eigenvalue weighted by Crippen LogP contribution is 2.36. The monoisotopic (exact) mass is 578 g/mol. The summed E-state index contributed by atoms with van der Waals surface area (Å²) < 4.78 is 27.0. The molecule has 1 saturated heterocycles. The van der Waals surface area contributed by atoms with Crippen molar-refractivity contribution in [2.24, 2.45) is 0 Å². The lowest BCUT2D eigenvalue weighted by Gasteiger charge is -2.35. The number of benzene rings is 1. The van der Waals surface area contributed by atoms with E-state index in [2.05, 4.69) is 25.2 Å². The van der Waals surface area contributed by atoms with Crippen molar-refractivity contribution in [3.63, 3.8) is 0 Å². The Bertz CT molecular complexity index is 1380. The van der Waals surface area contributed by atoms with Gasteiger partial charge in [0.05, 0.1) is 17.5 Å². The lowest BCUT2D eigenvalue weighted by Crippen LogP contribution is -2.39. The molecule has 10 nitrogen and oxygen atoms in total. The van der Waals surface area contributed by atoms with Crippen LogP contribution in [0.1, 0.15) is 67.7 Å². The highest BCUT2D eigenvalue weighted by atomic mass is 19.1. The predicted molar refractivity (Wildman–Crippen MR) is 157 cm³/mol. The van der Waals surface area contributed by atoms with E-state index < -0.39 is 5.82 Å². The topological polar surface area (TPSA) is 113 Å². The second-order valence-corrected chi connectivity index (χ2v) is 10.9. The number of fused-ring (bicyclic) bond motifs is 1. The number of aliphatic hydroxyl groups is 1. The van der Waals surface area contributed by atoms with Crippen LogP contribution in [0.2, 0.25) is 0 Å². The average molecular weight is 579 g/mol. The number of halogens is 1. The van der Waals surface area contributed by atoms with E-state index in [4.69, 9.17) is 9.47 Å². The first-order chi connectivity index (χ1) is 20.4. The molecule has 5 rings (SSSR count). The standard InChI is InChI=1S/C31H39FN6O4/c1-4-38(20(2)3)31(40)23-17-21(32)5-6-26(23)42-28-18-33-19-36-30(28)37-14-9-22(10-15-37)41-27-8-13-35-24-7-12-34-25(11-16-39)29(24)27/h5-6,8,13,17-20,22,25,34,39H,4,7,9-12,14-16H2,1-3H3. The summed E-state index contributed by atoms with van der Waals surface area (Å²) in [5.74, 6) is 1.27. The molecule has 42 heavy (non-hydrogen) atoms. The smallest absolute Gasteiger partial charge is 0.257 e. The Balaban J connectivity index is 1.30. The molecular weight excluding hydrogens is 539 g/mol. The molecule has 2 aromatic heterocycles. The fourth-order valence-electron chi connectivity index (χ4n) is 5.77. The average Bonchev–Trinajstić information content (AvgIpc) is 2.99. The largest absolute Gasteiger partial charge is 0.490 e. The molecule has 1 aromatic carbocycles. The summed E-state index contributed by atoms with van der Waals surface area (Å²) >= 11 is 0. The second kappa shape index (κ2) is 13.4. The third kappa shape index (κ3) is 6.47. The van der Waals surface area contributed by atoms with Crippen LogP contribution in [0.15, 0.2) is 43.0 Å². The highest BCUT2D eigenvalue weighted by molar-refractivity contribution is 5.97. The van der Waals surface area contributed by atoms with E-state index in [1.165, 1.54) is 24.5 Å². The molecule has 3 aromatic rings. The van der Waals surface area contributed by atoms with Crippen LogP contribution in [-0.2, 0) is 6.42 Å². The summed E-state index contributed by atoms with van der Waals surface area (Å²) in [4.78, 5) is 30.3. The molecule has 1 fully saturated rings. The Labute approximate surface area is 245 Å². The highest BCUT2D eigenvalue weighted by Gasteiger charge is 2.29. The molecule has 2 N–H and O–H groups in total. The van der Waals surface area contributed by atoms with Gasteiger partial charge in [0.25, 0.3) is 5.91 Å². The molecule has 11 heteroatoms. The predicted octanol–water partition coefficient (Wildman–Crippen LogP) is 4.29. The molecule has 224 valence electrons. The number of nitrogens with one attached hydrogen (secondary N) is 1. The normalized spacial score (nSPS) is 17.2. The first-order valence-electron chi connectivity index (χ1n) is 14.7. The minimum Gasteiger partial charge on any atom is -0.490 e. The molecule has 2 aliphatic rings. The van der Waals surface area contributed by atoms with Crippen molar-refractivity contribution < 1.29 is 23.8 Å². The van der Waals surface area contributed by atoms with Gasteiger partial charge in [0.15, 0.2) is 11.6 Å². The zero-order valence-corrected chi connectivity index (χ0v) is 24.4. The summed E-state index contributed by atoms with van der Waals surface area (Å²) in [5, 5.41) is 13.0. The van der Waals surface area contributed by atoms with Gasteiger partial charge in [0.2, 0.25) is 0 Å². The number of hydrogen-bond donors (Lipinski definition) is 2. The molecule has 0 saturated carbocycles. The minimum atomic E-state index is -0.508. The van der Waals surface area contributed by atoms with Crippen LogP contribution in [0, 0.1) is 5.82 Å². The van der Waals surface area contributed by atoms with Gasteiger partial charge >= 0.3 is 0 Å². The van der Waals surface area contributed by atoms with Crippen LogP contribution < -0.4 is 19.7 Å². The first kappa shape index (κ1) is 29.7. The maximum atomic E-state index is 14.2. The van der Waals surface area contributed by atoms with Crippen LogP contribution in [0.4, 0.5) is 10.2 Å². The number of pyridine rings is 1. The number of carbonyl (C=O) groups excluding carboxylic acids is 1. The number of anilines is 1. The third-order valence-electron chi connectivity index (χ3n) is 7.86. The van der Waals surface area contributed by atoms with Crippen molar-refractivity contribution in [1.82, 2.24) is 25.2 Å². The fourth-order valence-corrected chi connectivity index (χ4v) is 5.77. The minimum absolute atomic E-state index is 0.00745. The summed E-state index contributed by atoms with van der Waals surface area (Å²) in [7, 11) is 0. The number of amides is 1. The van der Waals surface area contributed by atoms with E-state index >= 15 is 0 Å². The number of aliphatic hydroxyl groups excluding tert-OH is 1. The van der Waals surface area contributed by atoms with Gasteiger partial charge < -0.3 is 29.7 Å². The fraction of sp³-hybridized carbons (Fsp3) is 0.484. The Morgan fingerprint density at radius 1 is 1.19 bits per heavy atom. The maximum Gasteiger partial charge on any atom is 0.257 e. The quantitative estimate of drug-likeness (QED) is 0.364. The SMILES string of the molecule is CCN(C(=O)c1cc(F)ccc1Oc1cncnc1N1CCC(Oc2ccnc3c2C(CCO)NCC3)CC1)C(C)C. The van der Waals surface area contributed by atoms with Gasteiger partial charge in [-0.15, -0.1) is 0 Å². The van der Waals surface area contributed by atoms with Crippen molar-refractivity contribution in [1.29, 1.82) is 0 Å². The lowest BCUT2D eigenvalue weighted by molar-refractivity contribution is 0.0713. The van der Waals surface area contributed by atoms with E-state index in [-0.39, 0.29) is 42.0 Å². The van der Waals surface area contributed by atoms with Gasteiger partial charge in [-0.05, 0) is 51.5 Å². The summed E-state index contributed by atoms with van der Waals surface area (Å²) in [5.41, 5.74) is 2.23. The lowest BCUT2D eigenvalue weighted by atomic mass is 9.95. The molecule has 0 bridgehead atoms. The van der Waals surface area contributed by atoms with Gasteiger partial charge in [-0.1, -0.05) is 0 Å². The zero-order valence-electron chi connectivity index (χ0n) is 24.4. The molecule has 0 spiro atoms. The Hall–Kier alpha value is -3.83. The third-order valence-corrected chi connectivity index (χ3v) is 7.86. The van der Waals surface area contributed by atoms with E-state index in [0.29, 0.717) is 37.6 Å². The number of rotatable bonds is 10. The van der Waals surface area contributed by atoms with Gasteiger partial charge in [-0.2, -0.15) is 0 Å². The Morgan fingerprint density at radius 3 is 2.74 bits per heavy atom. The molecule has 0 radical (unpaired) electrons. The van der Waals surface area contributed by atoms with Crippen molar-refractivity contribution in [2.75, 3.05) is 37.7 Å². The van der Waals surface area contributed by atoms with Crippen LogP contribution in [0.3, 0.4) is 0 Å². The Kier molecular flexibility index (Phi) is 9.48. The summed E-state index contributed by atoms with van der Waals surface area (Å²) in [6.45, 7) is 8.50. The van der Waals surface area contributed by atoms with Crippen LogP contribution in [-0.4, -0.2) is 75.8 Å². The van der Waals surface area contributed by atoms with Crippen LogP contribution in [0.5, 0.6) is 17.2 Å². The second-order valence-electron chi connectivity index (χ2n) is 10.9. The maximum absolute atomic E-state index is 14.2. The number of hydrogen-bond acceptors (Lipinski definition) is 9. The number of aromatic nitrogens is 3. The van der Waals surface area contributed by atoms with Crippen LogP contribution >= 0.6 is 0 Å². The first-order valence-corrected chi connectivity index (χ1v) is 14.7. The van der Waals surface area contributed by atoms with Crippen LogP contribution in [0.25, 0.3) is 0 Å². The van der Waals surface area contributed by atoms with Crippen molar-refractivity contribution in [3.05, 3.63) is 65.6 Å². The van der Waals surface area contributed by atoms with Crippen molar-refractivity contribution in [2.45, 2.75) is 64.6 Å².